The SMILES string of the molecule is Cc1ccnc(-n2c3ccccc3c3ccc(Oc4cccc(-n5cc(-c6c(C)ccc(CC(C)C)c6C)cn5)c4)cc32)c1. The van der Waals surface area contributed by atoms with Crippen molar-refractivity contribution in [2.24, 2.45) is 5.92 Å². The largest absolute Gasteiger partial charge is 0.457 e. The highest BCUT2D eigenvalue weighted by atomic mass is 16.5. The van der Waals surface area contributed by atoms with Crippen molar-refractivity contribution in [3.05, 3.63) is 132 Å². The van der Waals surface area contributed by atoms with E-state index in [1.807, 2.05) is 47.4 Å². The van der Waals surface area contributed by atoms with Crippen molar-refractivity contribution in [3.63, 3.8) is 0 Å². The maximum absolute atomic E-state index is 6.47. The van der Waals surface area contributed by atoms with Crippen LogP contribution in [0.3, 0.4) is 0 Å². The highest BCUT2D eigenvalue weighted by Gasteiger charge is 2.16. The van der Waals surface area contributed by atoms with Crippen molar-refractivity contribution >= 4 is 21.8 Å². The zero-order valence-electron chi connectivity index (χ0n) is 25.9. The summed E-state index contributed by atoms with van der Waals surface area (Å²) in [6, 6.07) is 31.5. The van der Waals surface area contributed by atoms with Gasteiger partial charge in [0.2, 0.25) is 0 Å². The molecule has 0 unspecified atom stereocenters. The predicted molar refractivity (Wildman–Crippen MR) is 180 cm³/mol. The number of aryl methyl sites for hydroxylation is 2. The normalized spacial score (nSPS) is 11.6. The Hall–Kier alpha value is -5.16. The lowest BCUT2D eigenvalue weighted by atomic mass is 9.90. The molecule has 7 aromatic rings. The van der Waals surface area contributed by atoms with E-state index in [2.05, 4.69) is 106 Å². The fourth-order valence-corrected chi connectivity index (χ4v) is 6.32. The summed E-state index contributed by atoms with van der Waals surface area (Å²) >= 11 is 0. The number of benzene rings is 4. The third-order valence-electron chi connectivity index (χ3n) is 8.38. The molecule has 5 nitrogen and oxygen atoms in total. The number of fused-ring (bicyclic) bond motifs is 3. The maximum Gasteiger partial charge on any atom is 0.137 e. The molecule has 0 N–H and O–H groups in total. The van der Waals surface area contributed by atoms with Gasteiger partial charge in [0.1, 0.15) is 17.3 Å². The van der Waals surface area contributed by atoms with Gasteiger partial charge in [0.15, 0.2) is 0 Å². The fourth-order valence-electron chi connectivity index (χ4n) is 6.32. The second-order valence-corrected chi connectivity index (χ2v) is 12.1. The van der Waals surface area contributed by atoms with Crippen LogP contribution in [0.15, 0.2) is 110 Å². The molecule has 0 aliphatic heterocycles. The second kappa shape index (κ2) is 11.2. The smallest absolute Gasteiger partial charge is 0.137 e. The van der Waals surface area contributed by atoms with Crippen molar-refractivity contribution in [2.75, 3.05) is 0 Å². The minimum Gasteiger partial charge on any atom is -0.457 e. The molecule has 0 spiro atoms. The van der Waals surface area contributed by atoms with Crippen molar-refractivity contribution < 1.29 is 4.74 Å². The van der Waals surface area contributed by atoms with E-state index < -0.39 is 0 Å². The lowest BCUT2D eigenvalue weighted by molar-refractivity contribution is 0.483. The first-order chi connectivity index (χ1) is 21.4. The van der Waals surface area contributed by atoms with E-state index in [9.17, 15) is 0 Å². The molecule has 3 aromatic heterocycles. The molecule has 3 heterocycles. The van der Waals surface area contributed by atoms with Crippen molar-refractivity contribution in [3.8, 4) is 34.1 Å². The van der Waals surface area contributed by atoms with Crippen LogP contribution in [0.25, 0.3) is 44.4 Å². The Bertz CT molecular complexity index is 2150. The predicted octanol–water partition coefficient (Wildman–Crippen LogP) is 9.95. The number of hydrogen-bond acceptors (Lipinski definition) is 3. The van der Waals surface area contributed by atoms with Crippen LogP contribution in [0.1, 0.15) is 36.1 Å². The average Bonchev–Trinajstić information content (AvgIpc) is 3.62. The first-order valence-corrected chi connectivity index (χ1v) is 15.2. The Morgan fingerprint density at radius 3 is 2.43 bits per heavy atom. The number of rotatable bonds is 7. The molecule has 7 rings (SSSR count). The van der Waals surface area contributed by atoms with Gasteiger partial charge in [-0.15, -0.1) is 0 Å². The summed E-state index contributed by atoms with van der Waals surface area (Å²) < 4.78 is 10.6. The van der Waals surface area contributed by atoms with Gasteiger partial charge in [-0.1, -0.05) is 50.2 Å². The molecule has 0 saturated carbocycles. The lowest BCUT2D eigenvalue weighted by Crippen LogP contribution is -2.00. The van der Waals surface area contributed by atoms with Crippen LogP contribution in [0, 0.1) is 26.7 Å². The summed E-state index contributed by atoms with van der Waals surface area (Å²) in [5.74, 6) is 3.02. The Morgan fingerprint density at radius 2 is 1.59 bits per heavy atom. The number of ether oxygens (including phenoxy) is 1. The molecular weight excluding hydrogens is 540 g/mol. The summed E-state index contributed by atoms with van der Waals surface area (Å²) in [7, 11) is 0. The van der Waals surface area contributed by atoms with Gasteiger partial charge in [-0.05, 0) is 103 Å². The van der Waals surface area contributed by atoms with Crippen LogP contribution < -0.4 is 4.74 Å². The Labute approximate surface area is 258 Å². The standard InChI is InChI=1S/C39H36N4O/c1-25(2)19-29-14-13-27(4)39(28(29)5)30-23-41-42(24-30)31-9-8-10-32(21-31)44-33-15-16-35-34-11-6-7-12-36(34)43(37(35)22-33)38-20-26(3)17-18-40-38/h6-18,20-25H,19H2,1-5H3. The third kappa shape index (κ3) is 5.05. The molecule has 44 heavy (non-hydrogen) atoms. The fraction of sp³-hybridized carbons (Fsp3) is 0.179. The average molecular weight is 577 g/mol. The van der Waals surface area contributed by atoms with E-state index in [1.165, 1.54) is 33.2 Å². The molecule has 0 radical (unpaired) electrons. The van der Waals surface area contributed by atoms with Gasteiger partial charge in [0.25, 0.3) is 0 Å². The number of para-hydroxylation sites is 1. The molecule has 0 fully saturated rings. The van der Waals surface area contributed by atoms with Crippen LogP contribution in [0.5, 0.6) is 11.5 Å². The molecule has 218 valence electrons. The number of pyridine rings is 1. The van der Waals surface area contributed by atoms with Crippen LogP contribution >= 0.6 is 0 Å². The number of aromatic nitrogens is 4. The van der Waals surface area contributed by atoms with Gasteiger partial charge in [-0.25, -0.2) is 9.67 Å². The van der Waals surface area contributed by atoms with E-state index in [4.69, 9.17) is 14.8 Å². The van der Waals surface area contributed by atoms with Crippen LogP contribution in [0.4, 0.5) is 0 Å². The maximum atomic E-state index is 6.47. The van der Waals surface area contributed by atoms with Gasteiger partial charge in [0.05, 0.1) is 22.9 Å². The highest BCUT2D eigenvalue weighted by Crippen LogP contribution is 2.36. The van der Waals surface area contributed by atoms with Gasteiger partial charge in [-0.2, -0.15) is 5.10 Å². The third-order valence-corrected chi connectivity index (χ3v) is 8.38. The minimum atomic E-state index is 0.609. The van der Waals surface area contributed by atoms with E-state index >= 15 is 0 Å². The van der Waals surface area contributed by atoms with Crippen LogP contribution in [0.2, 0.25) is 0 Å². The molecule has 0 aliphatic carbocycles. The molecule has 0 aliphatic rings. The Balaban J connectivity index is 1.23. The molecule has 0 amide bonds. The van der Waals surface area contributed by atoms with E-state index in [0.717, 1.165) is 51.4 Å². The zero-order chi connectivity index (χ0) is 30.4. The number of nitrogens with zero attached hydrogens (tertiary/aromatic N) is 4. The zero-order valence-corrected chi connectivity index (χ0v) is 25.9. The molecule has 5 heteroatoms. The molecule has 0 bridgehead atoms. The summed E-state index contributed by atoms with van der Waals surface area (Å²) in [6.45, 7) is 11.0. The quantitative estimate of drug-likeness (QED) is 0.190. The topological polar surface area (TPSA) is 44.9 Å². The first-order valence-electron chi connectivity index (χ1n) is 15.2. The van der Waals surface area contributed by atoms with Gasteiger partial charge in [0, 0.05) is 40.9 Å². The summed E-state index contributed by atoms with van der Waals surface area (Å²) in [4.78, 5) is 4.71. The first kappa shape index (κ1) is 27.7. The van der Waals surface area contributed by atoms with E-state index in [0.29, 0.717) is 5.92 Å². The van der Waals surface area contributed by atoms with Gasteiger partial charge in [-0.3, -0.25) is 4.57 Å². The highest BCUT2D eigenvalue weighted by molar-refractivity contribution is 6.09. The summed E-state index contributed by atoms with van der Waals surface area (Å²) in [5.41, 5.74) is 10.7. The van der Waals surface area contributed by atoms with E-state index in [-0.39, 0.29) is 0 Å². The minimum absolute atomic E-state index is 0.609. The van der Waals surface area contributed by atoms with Crippen molar-refractivity contribution in [2.45, 2.75) is 41.0 Å². The summed E-state index contributed by atoms with van der Waals surface area (Å²) in [5, 5.41) is 7.11. The van der Waals surface area contributed by atoms with Gasteiger partial charge >= 0.3 is 0 Å². The molecule has 4 aromatic carbocycles. The summed E-state index contributed by atoms with van der Waals surface area (Å²) in [6.07, 6.45) is 7.02. The number of hydrogen-bond donors (Lipinski definition) is 0. The lowest BCUT2D eigenvalue weighted by Gasteiger charge is -2.15. The molecule has 0 saturated heterocycles. The Kier molecular flexibility index (Phi) is 7.01. The van der Waals surface area contributed by atoms with Crippen LogP contribution in [-0.4, -0.2) is 19.3 Å². The van der Waals surface area contributed by atoms with Gasteiger partial charge < -0.3 is 4.74 Å². The second-order valence-electron chi connectivity index (χ2n) is 12.1. The molecule has 0 atom stereocenters. The van der Waals surface area contributed by atoms with E-state index in [1.54, 1.807) is 0 Å². The van der Waals surface area contributed by atoms with Crippen LogP contribution in [-0.2, 0) is 6.42 Å². The molecular formula is C39H36N4O. The van der Waals surface area contributed by atoms with Crippen molar-refractivity contribution in [1.82, 2.24) is 19.3 Å². The Morgan fingerprint density at radius 1 is 0.773 bits per heavy atom. The monoisotopic (exact) mass is 576 g/mol. The van der Waals surface area contributed by atoms with Crippen molar-refractivity contribution in [1.29, 1.82) is 0 Å².